The molecule has 0 aromatic heterocycles. The van der Waals surface area contributed by atoms with Gasteiger partial charge in [0, 0.05) is 20.0 Å². The van der Waals surface area contributed by atoms with Crippen molar-refractivity contribution in [2.24, 2.45) is 33.9 Å². The standard InChI is InChI=1S/C19H40N2O/c1-14(2)10-18(11-15(3)4)20-21-19(22-9,12-16(5)6)13-17(7)8/h14-18H,10-13H2,1-9H3. The van der Waals surface area contributed by atoms with Gasteiger partial charge in [0.2, 0.25) is 0 Å². The zero-order valence-corrected chi connectivity index (χ0v) is 16.5. The lowest BCUT2D eigenvalue weighted by Gasteiger charge is -2.31. The molecule has 3 heteroatoms. The van der Waals surface area contributed by atoms with E-state index in [9.17, 15) is 0 Å². The van der Waals surface area contributed by atoms with E-state index in [-0.39, 0.29) is 0 Å². The van der Waals surface area contributed by atoms with Gasteiger partial charge < -0.3 is 4.74 Å². The highest BCUT2D eigenvalue weighted by atomic mass is 16.5. The Kier molecular flexibility index (Phi) is 10.1. The van der Waals surface area contributed by atoms with Crippen molar-refractivity contribution < 1.29 is 4.74 Å². The van der Waals surface area contributed by atoms with Crippen LogP contribution in [-0.2, 0) is 4.74 Å². The molecule has 0 aliphatic rings. The van der Waals surface area contributed by atoms with Gasteiger partial charge in [-0.1, -0.05) is 55.4 Å². The van der Waals surface area contributed by atoms with E-state index in [0.29, 0.717) is 29.7 Å². The fourth-order valence-corrected chi connectivity index (χ4v) is 3.11. The molecule has 0 aliphatic carbocycles. The molecular weight excluding hydrogens is 272 g/mol. The Hall–Kier alpha value is -0.440. The van der Waals surface area contributed by atoms with Crippen LogP contribution in [0.3, 0.4) is 0 Å². The number of hydrogen-bond acceptors (Lipinski definition) is 3. The van der Waals surface area contributed by atoms with Gasteiger partial charge in [-0.2, -0.15) is 10.2 Å². The van der Waals surface area contributed by atoms with Gasteiger partial charge in [0.1, 0.15) is 0 Å². The number of hydrogen-bond donors (Lipinski definition) is 0. The van der Waals surface area contributed by atoms with Crippen LogP contribution in [0.25, 0.3) is 0 Å². The molecule has 0 spiro atoms. The lowest BCUT2D eigenvalue weighted by Crippen LogP contribution is -2.33. The molecule has 0 radical (unpaired) electrons. The maximum Gasteiger partial charge on any atom is 0.178 e. The van der Waals surface area contributed by atoms with Crippen LogP contribution in [0.2, 0.25) is 0 Å². The van der Waals surface area contributed by atoms with Crippen LogP contribution in [0.5, 0.6) is 0 Å². The maximum absolute atomic E-state index is 5.86. The lowest BCUT2D eigenvalue weighted by molar-refractivity contribution is -0.0418. The molecule has 0 unspecified atom stereocenters. The van der Waals surface area contributed by atoms with Gasteiger partial charge in [-0.05, 0) is 36.5 Å². The van der Waals surface area contributed by atoms with Gasteiger partial charge in [-0.3, -0.25) is 0 Å². The summed E-state index contributed by atoms with van der Waals surface area (Å²) in [5, 5.41) is 9.52. The quantitative estimate of drug-likeness (QED) is 0.410. The Labute approximate surface area is 139 Å². The minimum Gasteiger partial charge on any atom is -0.355 e. The molecule has 3 nitrogen and oxygen atoms in total. The minimum atomic E-state index is -0.450. The Morgan fingerprint density at radius 1 is 0.727 bits per heavy atom. The summed E-state index contributed by atoms with van der Waals surface area (Å²) < 4.78 is 5.86. The molecule has 0 bridgehead atoms. The highest BCUT2D eigenvalue weighted by Gasteiger charge is 2.32. The summed E-state index contributed by atoms with van der Waals surface area (Å²) in [5.74, 6) is 2.39. The van der Waals surface area contributed by atoms with E-state index < -0.39 is 5.72 Å². The van der Waals surface area contributed by atoms with E-state index in [4.69, 9.17) is 15.0 Å². The van der Waals surface area contributed by atoms with Crippen molar-refractivity contribution in [2.75, 3.05) is 7.11 Å². The van der Waals surface area contributed by atoms with Crippen molar-refractivity contribution >= 4 is 0 Å². The Morgan fingerprint density at radius 3 is 1.41 bits per heavy atom. The normalized spacial score (nSPS) is 13.7. The SMILES string of the molecule is COC(CC(C)C)(CC(C)C)N=NC(CC(C)C)CC(C)C. The second kappa shape index (κ2) is 10.4. The molecule has 0 aromatic carbocycles. The van der Waals surface area contributed by atoms with Crippen molar-refractivity contribution in [3.63, 3.8) is 0 Å². The summed E-state index contributed by atoms with van der Waals surface area (Å²) in [6.45, 7) is 17.9. The molecule has 0 saturated carbocycles. The van der Waals surface area contributed by atoms with Crippen molar-refractivity contribution in [3.8, 4) is 0 Å². The number of ether oxygens (including phenoxy) is 1. The van der Waals surface area contributed by atoms with E-state index in [2.05, 4.69) is 55.4 Å². The lowest BCUT2D eigenvalue weighted by atomic mass is 9.92. The van der Waals surface area contributed by atoms with Crippen LogP contribution in [-0.4, -0.2) is 18.9 Å². The second-order valence-corrected chi connectivity index (χ2v) is 8.47. The molecule has 132 valence electrons. The smallest absolute Gasteiger partial charge is 0.178 e. The third-order valence-corrected chi connectivity index (χ3v) is 3.72. The van der Waals surface area contributed by atoms with E-state index in [1.54, 1.807) is 7.11 Å². The molecule has 0 rings (SSSR count). The van der Waals surface area contributed by atoms with Crippen LogP contribution in [0.4, 0.5) is 0 Å². The molecule has 22 heavy (non-hydrogen) atoms. The topological polar surface area (TPSA) is 34.0 Å². The van der Waals surface area contributed by atoms with E-state index >= 15 is 0 Å². The summed E-state index contributed by atoms with van der Waals surface area (Å²) in [6.07, 6.45) is 4.07. The fourth-order valence-electron chi connectivity index (χ4n) is 3.11. The number of azo groups is 1. The van der Waals surface area contributed by atoms with Crippen LogP contribution in [0.1, 0.15) is 81.1 Å². The third kappa shape index (κ3) is 9.55. The first-order valence-corrected chi connectivity index (χ1v) is 9.07. The first-order valence-electron chi connectivity index (χ1n) is 9.07. The highest BCUT2D eigenvalue weighted by Crippen LogP contribution is 2.31. The van der Waals surface area contributed by atoms with Gasteiger partial charge in [0.15, 0.2) is 5.72 Å². The predicted molar refractivity (Wildman–Crippen MR) is 96.2 cm³/mol. The first-order chi connectivity index (χ1) is 10.1. The summed E-state index contributed by atoms with van der Waals surface area (Å²) >= 11 is 0. The molecule has 0 fully saturated rings. The molecule has 0 heterocycles. The molecule has 0 aliphatic heterocycles. The van der Waals surface area contributed by atoms with Crippen molar-refractivity contribution in [1.29, 1.82) is 0 Å². The van der Waals surface area contributed by atoms with Crippen LogP contribution < -0.4 is 0 Å². The summed E-state index contributed by atoms with van der Waals surface area (Å²) in [6, 6.07) is 0.314. The zero-order valence-electron chi connectivity index (χ0n) is 16.5. The van der Waals surface area contributed by atoms with Crippen LogP contribution in [0.15, 0.2) is 10.2 Å². The summed E-state index contributed by atoms with van der Waals surface area (Å²) in [7, 11) is 1.78. The maximum atomic E-state index is 5.86. The number of nitrogens with zero attached hydrogens (tertiary/aromatic N) is 2. The largest absolute Gasteiger partial charge is 0.355 e. The molecular formula is C19H40N2O. The average molecular weight is 313 g/mol. The molecule has 0 N–H and O–H groups in total. The van der Waals surface area contributed by atoms with Gasteiger partial charge in [0.05, 0.1) is 6.04 Å². The molecule has 0 saturated heterocycles. The van der Waals surface area contributed by atoms with Gasteiger partial charge in [0.25, 0.3) is 0 Å². The van der Waals surface area contributed by atoms with E-state index in [0.717, 1.165) is 25.7 Å². The highest BCUT2D eigenvalue weighted by molar-refractivity contribution is 4.80. The molecule has 0 aromatic rings. The van der Waals surface area contributed by atoms with Crippen LogP contribution in [0, 0.1) is 23.7 Å². The average Bonchev–Trinajstić information content (AvgIpc) is 2.32. The fraction of sp³-hybridized carbons (Fsp3) is 1.00. The second-order valence-electron chi connectivity index (χ2n) is 8.47. The van der Waals surface area contributed by atoms with Gasteiger partial charge in [-0.15, -0.1) is 0 Å². The van der Waals surface area contributed by atoms with Crippen molar-refractivity contribution in [1.82, 2.24) is 0 Å². The minimum absolute atomic E-state index is 0.314. The van der Waals surface area contributed by atoms with Crippen LogP contribution >= 0.6 is 0 Å². The van der Waals surface area contributed by atoms with Crippen molar-refractivity contribution in [3.05, 3.63) is 0 Å². The Balaban J connectivity index is 5.18. The van der Waals surface area contributed by atoms with Gasteiger partial charge in [-0.25, -0.2) is 0 Å². The van der Waals surface area contributed by atoms with Crippen molar-refractivity contribution in [2.45, 2.75) is 92.8 Å². The first kappa shape index (κ1) is 21.6. The Bertz CT molecular complexity index is 289. The number of rotatable bonds is 11. The summed E-state index contributed by atoms with van der Waals surface area (Å²) in [4.78, 5) is 0. The van der Waals surface area contributed by atoms with E-state index in [1.165, 1.54) is 0 Å². The third-order valence-electron chi connectivity index (χ3n) is 3.72. The summed E-state index contributed by atoms with van der Waals surface area (Å²) in [5.41, 5.74) is -0.450. The monoisotopic (exact) mass is 312 g/mol. The molecule has 0 amide bonds. The Morgan fingerprint density at radius 2 is 1.14 bits per heavy atom. The van der Waals surface area contributed by atoms with Gasteiger partial charge >= 0.3 is 0 Å². The van der Waals surface area contributed by atoms with E-state index in [1.807, 2.05) is 0 Å². The molecule has 0 atom stereocenters. The predicted octanol–water partition coefficient (Wildman–Crippen LogP) is 6.33. The zero-order chi connectivity index (χ0) is 17.3. The number of methoxy groups -OCH3 is 1.